The maximum absolute atomic E-state index is 5.42. The predicted molar refractivity (Wildman–Crippen MR) is 82.5 cm³/mol. The maximum Gasteiger partial charge on any atom is 0.322 e. The van der Waals surface area contributed by atoms with Crippen molar-refractivity contribution in [1.82, 2.24) is 15.0 Å². The molecule has 0 aliphatic heterocycles. The molecule has 0 atom stereocenters. The SMILES string of the molecule is CCCNc1nc(OCC)nc(SCC2CCCC2)n1. The van der Waals surface area contributed by atoms with E-state index >= 15 is 0 Å². The van der Waals surface area contributed by atoms with E-state index in [9.17, 15) is 0 Å². The van der Waals surface area contributed by atoms with Gasteiger partial charge in [-0.2, -0.15) is 15.0 Å². The molecule has 6 heteroatoms. The molecule has 1 aliphatic carbocycles. The Hall–Kier alpha value is -1.04. The molecule has 1 aromatic heterocycles. The van der Waals surface area contributed by atoms with E-state index in [1.54, 1.807) is 11.8 Å². The number of nitrogens with one attached hydrogen (secondary N) is 1. The molecule has 0 radical (unpaired) electrons. The van der Waals surface area contributed by atoms with Crippen LogP contribution in [0, 0.1) is 5.92 Å². The molecule has 0 amide bonds. The summed E-state index contributed by atoms with van der Waals surface area (Å²) in [6.45, 7) is 5.49. The van der Waals surface area contributed by atoms with Crippen molar-refractivity contribution < 1.29 is 4.74 Å². The molecular formula is C14H24N4OS. The van der Waals surface area contributed by atoms with Crippen LogP contribution in [0.25, 0.3) is 0 Å². The largest absolute Gasteiger partial charge is 0.464 e. The number of nitrogens with zero attached hydrogens (tertiary/aromatic N) is 3. The van der Waals surface area contributed by atoms with Gasteiger partial charge in [0.25, 0.3) is 0 Å². The zero-order valence-corrected chi connectivity index (χ0v) is 13.2. The fourth-order valence-electron chi connectivity index (χ4n) is 2.28. The minimum absolute atomic E-state index is 0.426. The zero-order chi connectivity index (χ0) is 14.2. The normalized spacial score (nSPS) is 15.5. The molecule has 20 heavy (non-hydrogen) atoms. The molecule has 1 fully saturated rings. The fourth-order valence-corrected chi connectivity index (χ4v) is 3.29. The molecule has 2 rings (SSSR count). The molecule has 1 saturated carbocycles. The maximum atomic E-state index is 5.42. The first-order valence-corrected chi connectivity index (χ1v) is 8.56. The molecule has 5 nitrogen and oxygen atoms in total. The Morgan fingerprint density at radius 2 is 2.00 bits per heavy atom. The van der Waals surface area contributed by atoms with Gasteiger partial charge < -0.3 is 10.1 Å². The lowest BCUT2D eigenvalue weighted by atomic mass is 10.1. The predicted octanol–water partition coefficient (Wildman–Crippen LogP) is 3.37. The van der Waals surface area contributed by atoms with Gasteiger partial charge in [-0.3, -0.25) is 0 Å². The van der Waals surface area contributed by atoms with Gasteiger partial charge >= 0.3 is 6.01 Å². The Balaban J connectivity index is 1.98. The van der Waals surface area contributed by atoms with Crippen molar-refractivity contribution in [2.75, 3.05) is 24.2 Å². The van der Waals surface area contributed by atoms with Crippen LogP contribution in [-0.2, 0) is 0 Å². The summed E-state index contributed by atoms with van der Waals surface area (Å²) in [6.07, 6.45) is 6.47. The number of rotatable bonds is 8. The van der Waals surface area contributed by atoms with Gasteiger partial charge in [-0.1, -0.05) is 31.5 Å². The Morgan fingerprint density at radius 1 is 1.20 bits per heavy atom. The first-order valence-electron chi connectivity index (χ1n) is 7.57. The molecule has 0 aromatic carbocycles. The smallest absolute Gasteiger partial charge is 0.322 e. The van der Waals surface area contributed by atoms with Crippen molar-refractivity contribution in [2.45, 2.75) is 51.1 Å². The molecule has 0 unspecified atom stereocenters. The van der Waals surface area contributed by atoms with E-state index in [1.165, 1.54) is 25.7 Å². The van der Waals surface area contributed by atoms with Crippen molar-refractivity contribution in [3.8, 4) is 6.01 Å². The van der Waals surface area contributed by atoms with Crippen LogP contribution in [0.4, 0.5) is 5.95 Å². The number of thioether (sulfide) groups is 1. The van der Waals surface area contributed by atoms with E-state index in [4.69, 9.17) is 4.74 Å². The fraction of sp³-hybridized carbons (Fsp3) is 0.786. The third-order valence-electron chi connectivity index (χ3n) is 3.32. The van der Waals surface area contributed by atoms with Crippen molar-refractivity contribution in [3.63, 3.8) is 0 Å². The van der Waals surface area contributed by atoms with Crippen LogP contribution >= 0.6 is 11.8 Å². The first-order chi connectivity index (χ1) is 9.81. The second-order valence-corrected chi connectivity index (χ2v) is 6.03. The van der Waals surface area contributed by atoms with Crippen molar-refractivity contribution in [3.05, 3.63) is 0 Å². The van der Waals surface area contributed by atoms with Crippen LogP contribution in [0.3, 0.4) is 0 Å². The number of hydrogen-bond donors (Lipinski definition) is 1. The molecule has 0 spiro atoms. The molecule has 112 valence electrons. The molecule has 1 heterocycles. The van der Waals surface area contributed by atoms with Gasteiger partial charge in [0.15, 0.2) is 5.16 Å². The van der Waals surface area contributed by atoms with E-state index in [0.29, 0.717) is 18.6 Å². The lowest BCUT2D eigenvalue weighted by Crippen LogP contribution is -2.09. The molecule has 1 aliphatic rings. The van der Waals surface area contributed by atoms with Gasteiger partial charge in [-0.05, 0) is 32.1 Å². The molecular weight excluding hydrogens is 272 g/mol. The van der Waals surface area contributed by atoms with Crippen LogP contribution in [0.15, 0.2) is 5.16 Å². The highest BCUT2D eigenvalue weighted by Crippen LogP contribution is 2.30. The first kappa shape index (κ1) is 15.4. The summed E-state index contributed by atoms with van der Waals surface area (Å²) in [5.41, 5.74) is 0. The van der Waals surface area contributed by atoms with Gasteiger partial charge in [0.2, 0.25) is 5.95 Å². The molecule has 0 bridgehead atoms. The lowest BCUT2D eigenvalue weighted by molar-refractivity contribution is 0.308. The highest BCUT2D eigenvalue weighted by atomic mass is 32.2. The highest BCUT2D eigenvalue weighted by molar-refractivity contribution is 7.99. The second-order valence-electron chi connectivity index (χ2n) is 5.05. The van der Waals surface area contributed by atoms with Gasteiger partial charge in [-0.15, -0.1) is 0 Å². The summed E-state index contributed by atoms with van der Waals surface area (Å²) in [7, 11) is 0. The van der Waals surface area contributed by atoms with Crippen LogP contribution in [0.1, 0.15) is 46.0 Å². The number of ether oxygens (including phenoxy) is 1. The number of aromatic nitrogens is 3. The lowest BCUT2D eigenvalue weighted by Gasteiger charge is -2.10. The zero-order valence-electron chi connectivity index (χ0n) is 12.4. The summed E-state index contributed by atoms with van der Waals surface area (Å²) in [4.78, 5) is 13.1. The van der Waals surface area contributed by atoms with E-state index in [2.05, 4.69) is 27.2 Å². The Kier molecular flexibility index (Phi) is 6.36. The van der Waals surface area contributed by atoms with Crippen molar-refractivity contribution in [2.24, 2.45) is 5.92 Å². The minimum atomic E-state index is 0.426. The molecule has 1 aromatic rings. The van der Waals surface area contributed by atoms with Crippen molar-refractivity contribution >= 4 is 17.7 Å². The van der Waals surface area contributed by atoms with E-state index in [1.807, 2.05) is 6.92 Å². The van der Waals surface area contributed by atoms with Crippen LogP contribution in [0.2, 0.25) is 0 Å². The highest BCUT2D eigenvalue weighted by Gasteiger charge is 2.16. The topological polar surface area (TPSA) is 59.9 Å². The minimum Gasteiger partial charge on any atom is -0.464 e. The van der Waals surface area contributed by atoms with E-state index in [-0.39, 0.29) is 0 Å². The van der Waals surface area contributed by atoms with Crippen LogP contribution in [-0.4, -0.2) is 33.9 Å². The summed E-state index contributed by atoms with van der Waals surface area (Å²) >= 11 is 1.72. The standard InChI is InChI=1S/C14H24N4OS/c1-3-9-15-12-16-13(19-4-2)18-14(17-12)20-10-11-7-5-6-8-11/h11H,3-10H2,1-2H3,(H,15,16,17,18). The number of hydrogen-bond acceptors (Lipinski definition) is 6. The van der Waals surface area contributed by atoms with Crippen molar-refractivity contribution in [1.29, 1.82) is 0 Å². The Morgan fingerprint density at radius 3 is 2.70 bits per heavy atom. The van der Waals surface area contributed by atoms with Gasteiger partial charge in [0, 0.05) is 12.3 Å². The average Bonchev–Trinajstić information content (AvgIpc) is 2.96. The quantitative estimate of drug-likeness (QED) is 0.742. The van der Waals surface area contributed by atoms with Crippen LogP contribution in [0.5, 0.6) is 6.01 Å². The summed E-state index contributed by atoms with van der Waals surface area (Å²) < 4.78 is 5.42. The Labute approximate surface area is 125 Å². The molecule has 0 saturated heterocycles. The monoisotopic (exact) mass is 296 g/mol. The van der Waals surface area contributed by atoms with Crippen LogP contribution < -0.4 is 10.1 Å². The summed E-state index contributed by atoms with van der Waals surface area (Å²) in [5, 5.41) is 3.98. The van der Waals surface area contributed by atoms with E-state index < -0.39 is 0 Å². The molecule has 1 N–H and O–H groups in total. The third kappa shape index (κ3) is 4.81. The second kappa shape index (κ2) is 8.29. The summed E-state index contributed by atoms with van der Waals surface area (Å²) in [5.74, 6) is 2.54. The van der Waals surface area contributed by atoms with Gasteiger partial charge in [0.05, 0.1) is 6.61 Å². The third-order valence-corrected chi connectivity index (χ3v) is 4.40. The summed E-state index contributed by atoms with van der Waals surface area (Å²) in [6, 6.07) is 0.426. The average molecular weight is 296 g/mol. The Bertz CT molecular complexity index is 410. The number of anilines is 1. The van der Waals surface area contributed by atoms with Gasteiger partial charge in [0.1, 0.15) is 0 Å². The van der Waals surface area contributed by atoms with Gasteiger partial charge in [-0.25, -0.2) is 0 Å². The van der Waals surface area contributed by atoms with E-state index in [0.717, 1.165) is 29.8 Å².